The van der Waals surface area contributed by atoms with Crippen LogP contribution >= 0.6 is 0 Å². The van der Waals surface area contributed by atoms with E-state index in [4.69, 9.17) is 0 Å². The van der Waals surface area contributed by atoms with E-state index in [1.54, 1.807) is 0 Å². The largest absolute Gasteiger partial charge is 0.0652 e. The van der Waals surface area contributed by atoms with Crippen LogP contribution in [0.5, 0.6) is 0 Å². The van der Waals surface area contributed by atoms with Crippen LogP contribution in [-0.2, 0) is 0 Å². The number of hydrogen-bond donors (Lipinski definition) is 0. The van der Waals surface area contributed by atoms with Crippen LogP contribution in [0.1, 0.15) is 27.2 Å². The summed E-state index contributed by atoms with van der Waals surface area (Å²) in [4.78, 5) is 0. The number of rotatable bonds is 1. The minimum Gasteiger partial charge on any atom is -0.0652 e. The summed E-state index contributed by atoms with van der Waals surface area (Å²) >= 11 is 0. The van der Waals surface area contributed by atoms with Gasteiger partial charge in [0.15, 0.2) is 0 Å². The smallest absolute Gasteiger partial charge is 0.0224 e. The monoisotopic (exact) mass is 100 g/mol. The molecule has 0 rings (SSSR count). The highest BCUT2D eigenvalue weighted by Gasteiger charge is 2.03. The van der Waals surface area contributed by atoms with Crippen LogP contribution in [-0.4, -0.2) is 10.2 Å². The van der Waals surface area contributed by atoms with Gasteiger partial charge in [0.1, 0.15) is 0 Å². The molecule has 36 valence electrons. The van der Waals surface area contributed by atoms with Crippen molar-refractivity contribution in [3.8, 4) is 0 Å². The zero-order chi connectivity index (χ0) is 5.21. The molecule has 0 aromatic rings. The maximum atomic E-state index is 2.79. The normalized spacial score (nSPS) is 12.0. The molecule has 2 radical (unpaired) electrons. The van der Waals surface area contributed by atoms with E-state index in [2.05, 4.69) is 31.0 Å². The molecule has 0 aliphatic carbocycles. The van der Waals surface area contributed by atoms with E-state index in [9.17, 15) is 0 Å². The molecule has 6 heavy (non-hydrogen) atoms. The second-order valence-corrected chi connectivity index (χ2v) is 3.91. The minimum absolute atomic E-state index is 0.458. The topological polar surface area (TPSA) is 0 Å². The first-order chi connectivity index (χ1) is 2.56. The molecule has 0 spiro atoms. The van der Waals surface area contributed by atoms with Crippen molar-refractivity contribution in [1.82, 2.24) is 0 Å². The fourth-order valence-electron chi connectivity index (χ4n) is 0. The van der Waals surface area contributed by atoms with Gasteiger partial charge in [0.25, 0.3) is 0 Å². The zero-order valence-electron chi connectivity index (χ0n) is 4.78. The SMILES string of the molecule is CCC(C)(C)[SiH]. The highest BCUT2D eigenvalue weighted by Crippen LogP contribution is 2.21. The first-order valence-corrected chi connectivity index (χ1v) is 2.93. The third-order valence-corrected chi connectivity index (χ3v) is 1.32. The van der Waals surface area contributed by atoms with Gasteiger partial charge in [-0.15, -0.1) is 0 Å². The third kappa shape index (κ3) is 4.22. The lowest BCUT2D eigenvalue weighted by Crippen LogP contribution is -1.97. The van der Waals surface area contributed by atoms with E-state index in [1.807, 2.05) is 0 Å². The van der Waals surface area contributed by atoms with Crippen molar-refractivity contribution in [2.75, 3.05) is 0 Å². The van der Waals surface area contributed by atoms with Gasteiger partial charge in [0, 0.05) is 10.2 Å². The molecule has 0 amide bonds. The maximum Gasteiger partial charge on any atom is 0.0224 e. The lowest BCUT2D eigenvalue weighted by Gasteiger charge is -2.12. The van der Waals surface area contributed by atoms with Crippen molar-refractivity contribution < 1.29 is 0 Å². The standard InChI is InChI=1S/C5H12Si/c1-4-5(2,3)6/h6H,4H2,1-3H3. The molecule has 0 saturated carbocycles. The van der Waals surface area contributed by atoms with E-state index >= 15 is 0 Å². The van der Waals surface area contributed by atoms with Crippen molar-refractivity contribution in [2.45, 2.75) is 32.2 Å². The molecular weight excluding hydrogens is 88.1 g/mol. The summed E-state index contributed by atoms with van der Waals surface area (Å²) < 4.78 is 0. The average molecular weight is 100 g/mol. The predicted octanol–water partition coefficient (Wildman–Crippen LogP) is 1.50. The van der Waals surface area contributed by atoms with Gasteiger partial charge in [0.2, 0.25) is 0 Å². The van der Waals surface area contributed by atoms with Gasteiger partial charge in [0.05, 0.1) is 0 Å². The van der Waals surface area contributed by atoms with Gasteiger partial charge in [-0.25, -0.2) is 0 Å². The van der Waals surface area contributed by atoms with Gasteiger partial charge >= 0.3 is 0 Å². The summed E-state index contributed by atoms with van der Waals surface area (Å²) in [5, 5.41) is 0.458. The molecule has 0 aromatic carbocycles. The molecule has 0 fully saturated rings. The van der Waals surface area contributed by atoms with Crippen LogP contribution in [0.2, 0.25) is 5.04 Å². The molecule has 0 saturated heterocycles. The molecule has 0 nitrogen and oxygen atoms in total. The van der Waals surface area contributed by atoms with Crippen molar-refractivity contribution in [1.29, 1.82) is 0 Å². The Hall–Kier alpha value is 0.217. The second-order valence-electron chi connectivity index (χ2n) is 2.34. The van der Waals surface area contributed by atoms with Crippen LogP contribution in [0.25, 0.3) is 0 Å². The van der Waals surface area contributed by atoms with Gasteiger partial charge in [-0.05, 0) is 5.04 Å². The van der Waals surface area contributed by atoms with Crippen molar-refractivity contribution in [3.63, 3.8) is 0 Å². The van der Waals surface area contributed by atoms with Crippen LogP contribution in [0.4, 0.5) is 0 Å². The average Bonchev–Trinajstić information content (AvgIpc) is 1.35. The van der Waals surface area contributed by atoms with Gasteiger partial charge in [-0.3, -0.25) is 0 Å². The summed E-state index contributed by atoms with van der Waals surface area (Å²) in [6.45, 7) is 6.60. The van der Waals surface area contributed by atoms with E-state index < -0.39 is 0 Å². The molecule has 0 atom stereocenters. The molecule has 0 aliphatic heterocycles. The Morgan fingerprint density at radius 3 is 1.67 bits per heavy atom. The quantitative estimate of drug-likeness (QED) is 0.438. The third-order valence-electron chi connectivity index (χ3n) is 0.911. The molecule has 0 aromatic heterocycles. The highest BCUT2D eigenvalue weighted by atomic mass is 28.1. The molecule has 1 heteroatoms. The Labute approximate surface area is 43.4 Å². The summed E-state index contributed by atoms with van der Waals surface area (Å²) in [6.07, 6.45) is 1.23. The summed E-state index contributed by atoms with van der Waals surface area (Å²) in [5.74, 6) is 0. The van der Waals surface area contributed by atoms with E-state index in [1.165, 1.54) is 6.42 Å². The first kappa shape index (κ1) is 6.22. The van der Waals surface area contributed by atoms with Crippen LogP contribution in [0.15, 0.2) is 0 Å². The summed E-state index contributed by atoms with van der Waals surface area (Å²) in [7, 11) is 2.79. The van der Waals surface area contributed by atoms with Gasteiger partial charge in [-0.2, -0.15) is 0 Å². The van der Waals surface area contributed by atoms with Crippen molar-refractivity contribution >= 4 is 10.2 Å². The molecular formula is C5H12Si. The Morgan fingerprint density at radius 1 is 1.50 bits per heavy atom. The Kier molecular flexibility index (Phi) is 1.85. The lowest BCUT2D eigenvalue weighted by atomic mass is 10.1. The minimum atomic E-state index is 0.458. The second kappa shape index (κ2) is 1.78. The zero-order valence-corrected chi connectivity index (χ0v) is 5.94. The molecule has 0 unspecified atom stereocenters. The maximum absolute atomic E-state index is 2.79. The van der Waals surface area contributed by atoms with Gasteiger partial charge < -0.3 is 0 Å². The fraction of sp³-hybridized carbons (Fsp3) is 1.00. The van der Waals surface area contributed by atoms with Crippen molar-refractivity contribution in [2.24, 2.45) is 0 Å². The predicted molar refractivity (Wildman–Crippen MR) is 31.5 cm³/mol. The van der Waals surface area contributed by atoms with E-state index in [0.29, 0.717) is 5.04 Å². The lowest BCUT2D eigenvalue weighted by molar-refractivity contribution is 0.654. The highest BCUT2D eigenvalue weighted by molar-refractivity contribution is 6.14. The summed E-state index contributed by atoms with van der Waals surface area (Å²) in [6, 6.07) is 0. The molecule has 0 heterocycles. The van der Waals surface area contributed by atoms with E-state index in [0.717, 1.165) is 0 Å². The first-order valence-electron chi connectivity index (χ1n) is 2.35. The number of hydrogen-bond acceptors (Lipinski definition) is 0. The van der Waals surface area contributed by atoms with Crippen molar-refractivity contribution in [3.05, 3.63) is 0 Å². The molecule has 0 N–H and O–H groups in total. The fourth-order valence-corrected chi connectivity index (χ4v) is 0. The van der Waals surface area contributed by atoms with Crippen LogP contribution in [0.3, 0.4) is 0 Å². The van der Waals surface area contributed by atoms with Crippen LogP contribution in [0, 0.1) is 0 Å². The molecule has 0 aliphatic rings. The summed E-state index contributed by atoms with van der Waals surface area (Å²) in [5.41, 5.74) is 0. The van der Waals surface area contributed by atoms with E-state index in [-0.39, 0.29) is 0 Å². The Morgan fingerprint density at radius 2 is 1.67 bits per heavy atom. The Bertz CT molecular complexity index is 33.7. The van der Waals surface area contributed by atoms with Gasteiger partial charge in [-0.1, -0.05) is 27.2 Å². The Balaban J connectivity index is 3.17. The van der Waals surface area contributed by atoms with Crippen LogP contribution < -0.4 is 0 Å². The molecule has 0 bridgehead atoms.